The Morgan fingerprint density at radius 1 is 0.976 bits per heavy atom. The number of hydrogen-bond acceptors (Lipinski definition) is 3. The van der Waals surface area contributed by atoms with E-state index in [4.69, 9.17) is 4.74 Å². The number of benzene rings is 1. The predicted octanol–water partition coefficient (Wildman–Crippen LogP) is 9.15. The van der Waals surface area contributed by atoms with Gasteiger partial charge in [-0.3, -0.25) is 9.59 Å². The Morgan fingerprint density at radius 2 is 1.73 bits per heavy atom. The van der Waals surface area contributed by atoms with E-state index in [2.05, 4.69) is 65.0 Å². The Hall–Kier alpha value is -2.42. The maximum atomic E-state index is 14.6. The molecule has 41 heavy (non-hydrogen) atoms. The van der Waals surface area contributed by atoms with Crippen LogP contribution in [0.15, 0.2) is 66.3 Å². The smallest absolute Gasteiger partial charge is 0.302 e. The number of hydrogen-bond donors (Lipinski definition) is 0. The molecule has 0 amide bonds. The molecule has 1 aromatic rings. The van der Waals surface area contributed by atoms with E-state index in [0.29, 0.717) is 29.6 Å². The van der Waals surface area contributed by atoms with E-state index in [1.165, 1.54) is 26.2 Å². The van der Waals surface area contributed by atoms with Crippen LogP contribution in [0.4, 0.5) is 0 Å². The zero-order chi connectivity index (χ0) is 29.2. The van der Waals surface area contributed by atoms with Crippen molar-refractivity contribution in [1.29, 1.82) is 0 Å². The van der Waals surface area contributed by atoms with Gasteiger partial charge in [0.05, 0.1) is 0 Å². The van der Waals surface area contributed by atoms with Gasteiger partial charge in [0.1, 0.15) is 6.10 Å². The van der Waals surface area contributed by atoms with E-state index in [1.807, 2.05) is 30.3 Å². The fourth-order valence-electron chi connectivity index (χ4n) is 10.9. The number of rotatable bonds is 7. The van der Waals surface area contributed by atoms with E-state index >= 15 is 0 Å². The van der Waals surface area contributed by atoms with Crippen molar-refractivity contribution in [3.8, 4) is 0 Å². The molecule has 2 bridgehead atoms. The molecule has 220 valence electrons. The SMILES string of the molecule is CC(=O)OC1CCC2(C)C3CCC4(C)C(C(C)C=CCC(C)C)CCC4C34C=CC2(C=C4C(=O)c2ccccc2)C1. The number of ketones is 1. The van der Waals surface area contributed by atoms with E-state index in [-0.39, 0.29) is 39.5 Å². The lowest BCUT2D eigenvalue weighted by Gasteiger charge is -2.71. The number of carbonyl (C=O) groups excluding carboxylic acids is 2. The lowest BCUT2D eigenvalue weighted by atomic mass is 9.32. The molecule has 6 aliphatic carbocycles. The molecule has 3 fully saturated rings. The highest BCUT2D eigenvalue weighted by molar-refractivity contribution is 6.10. The van der Waals surface area contributed by atoms with Gasteiger partial charge < -0.3 is 4.74 Å². The first-order chi connectivity index (χ1) is 19.5. The molecule has 9 unspecified atom stereocenters. The van der Waals surface area contributed by atoms with Gasteiger partial charge in [0.2, 0.25) is 0 Å². The molecule has 0 heterocycles. The van der Waals surface area contributed by atoms with Crippen LogP contribution in [0, 0.1) is 51.2 Å². The average molecular weight is 555 g/mol. The molecule has 0 aliphatic heterocycles. The maximum Gasteiger partial charge on any atom is 0.302 e. The standard InChI is InChI=1S/C38H50O3/c1-25(2)11-10-12-26(3)30-15-16-32-35(30,5)19-18-33-36(6)20-17-29(41-27(4)39)23-37(36)21-22-38(32,33)31(24-37)34(40)28-13-8-7-9-14-28/h7-10,12-14,21-22,24-26,29-30,32-33H,11,15-20,23H2,1-6H3. The van der Waals surface area contributed by atoms with Gasteiger partial charge in [-0.05, 0) is 91.8 Å². The second-order valence-electron chi connectivity index (χ2n) is 15.2. The van der Waals surface area contributed by atoms with Crippen LogP contribution in [0.5, 0.6) is 0 Å². The summed E-state index contributed by atoms with van der Waals surface area (Å²) in [6.45, 7) is 13.6. The van der Waals surface area contributed by atoms with Gasteiger partial charge in [-0.15, -0.1) is 0 Å². The predicted molar refractivity (Wildman–Crippen MR) is 165 cm³/mol. The summed E-state index contributed by atoms with van der Waals surface area (Å²) >= 11 is 0. The fourth-order valence-corrected chi connectivity index (χ4v) is 10.9. The molecule has 2 spiro atoms. The highest BCUT2D eigenvalue weighted by Gasteiger charge is 2.72. The minimum Gasteiger partial charge on any atom is -0.463 e. The number of fused-ring (bicyclic) bond motifs is 1. The van der Waals surface area contributed by atoms with E-state index in [0.717, 1.165) is 43.2 Å². The Balaban J connectivity index is 1.45. The molecule has 6 aliphatic rings. The Labute approximate surface area is 247 Å². The lowest BCUT2D eigenvalue weighted by Crippen LogP contribution is -2.65. The van der Waals surface area contributed by atoms with Gasteiger partial charge in [-0.25, -0.2) is 0 Å². The van der Waals surface area contributed by atoms with Gasteiger partial charge >= 0.3 is 5.97 Å². The first-order valence-electron chi connectivity index (χ1n) is 16.3. The van der Waals surface area contributed by atoms with Crippen LogP contribution in [0.1, 0.15) is 103 Å². The summed E-state index contributed by atoms with van der Waals surface area (Å²) in [6.07, 6.45) is 20.9. The molecule has 7 rings (SSSR count). The number of allylic oxidation sites excluding steroid dienone is 6. The largest absolute Gasteiger partial charge is 0.463 e. The van der Waals surface area contributed by atoms with E-state index in [1.54, 1.807) is 0 Å². The van der Waals surface area contributed by atoms with Crippen LogP contribution in [0.3, 0.4) is 0 Å². The van der Waals surface area contributed by atoms with Gasteiger partial charge in [0.25, 0.3) is 0 Å². The zero-order valence-electron chi connectivity index (χ0n) is 26.1. The fraction of sp³-hybridized carbons (Fsp3) is 0.632. The first-order valence-corrected chi connectivity index (χ1v) is 16.3. The summed E-state index contributed by atoms with van der Waals surface area (Å²) in [7, 11) is 0. The molecule has 0 radical (unpaired) electrons. The van der Waals surface area contributed by atoms with Crippen molar-refractivity contribution in [1.82, 2.24) is 0 Å². The number of carbonyl (C=O) groups is 2. The summed E-state index contributed by atoms with van der Waals surface area (Å²) in [5, 5.41) is 0. The molecule has 0 aromatic heterocycles. The minimum absolute atomic E-state index is 0.0566. The van der Waals surface area contributed by atoms with Gasteiger partial charge in [-0.1, -0.05) is 95.3 Å². The highest BCUT2D eigenvalue weighted by atomic mass is 16.5. The third-order valence-corrected chi connectivity index (χ3v) is 12.7. The molecular weight excluding hydrogens is 504 g/mol. The van der Waals surface area contributed by atoms with Crippen molar-refractivity contribution in [2.24, 2.45) is 51.2 Å². The second-order valence-corrected chi connectivity index (χ2v) is 15.2. The van der Waals surface area contributed by atoms with Crippen LogP contribution in [0.25, 0.3) is 0 Å². The highest BCUT2D eigenvalue weighted by Crippen LogP contribution is 2.78. The quantitative estimate of drug-likeness (QED) is 0.192. The van der Waals surface area contributed by atoms with Gasteiger partial charge in [-0.2, -0.15) is 0 Å². The lowest BCUT2D eigenvalue weighted by molar-refractivity contribution is -0.167. The van der Waals surface area contributed by atoms with Crippen molar-refractivity contribution < 1.29 is 14.3 Å². The molecule has 1 aromatic carbocycles. The topological polar surface area (TPSA) is 43.4 Å². The molecular formula is C38H50O3. The van der Waals surface area contributed by atoms with Crippen molar-refractivity contribution in [2.75, 3.05) is 0 Å². The van der Waals surface area contributed by atoms with Gasteiger partial charge in [0.15, 0.2) is 5.78 Å². The van der Waals surface area contributed by atoms with Crippen LogP contribution in [-0.4, -0.2) is 17.9 Å². The second kappa shape index (κ2) is 10.1. The molecule has 9 atom stereocenters. The Morgan fingerprint density at radius 3 is 2.44 bits per heavy atom. The summed E-state index contributed by atoms with van der Waals surface area (Å²) in [6, 6.07) is 9.94. The molecule has 3 nitrogen and oxygen atoms in total. The van der Waals surface area contributed by atoms with Crippen LogP contribution in [-0.2, 0) is 9.53 Å². The summed E-state index contributed by atoms with van der Waals surface area (Å²) < 4.78 is 5.82. The summed E-state index contributed by atoms with van der Waals surface area (Å²) in [4.78, 5) is 26.6. The van der Waals surface area contributed by atoms with Crippen molar-refractivity contribution in [3.63, 3.8) is 0 Å². The van der Waals surface area contributed by atoms with Gasteiger partial charge in [0, 0.05) is 28.9 Å². The average Bonchev–Trinajstić information content (AvgIpc) is 3.30. The van der Waals surface area contributed by atoms with E-state index in [9.17, 15) is 9.59 Å². The third kappa shape index (κ3) is 4.19. The minimum atomic E-state index is -0.254. The summed E-state index contributed by atoms with van der Waals surface area (Å²) in [5.41, 5.74) is 1.60. The maximum absolute atomic E-state index is 14.6. The zero-order valence-corrected chi connectivity index (χ0v) is 26.1. The normalized spacial score (nSPS) is 41.5. The number of ether oxygens (including phenoxy) is 1. The Kier molecular flexibility index (Phi) is 7.06. The first kappa shape index (κ1) is 28.7. The van der Waals surface area contributed by atoms with Crippen LogP contribution in [0.2, 0.25) is 0 Å². The Bertz CT molecular complexity index is 1290. The van der Waals surface area contributed by atoms with E-state index < -0.39 is 0 Å². The van der Waals surface area contributed by atoms with Crippen LogP contribution >= 0.6 is 0 Å². The number of esters is 1. The third-order valence-electron chi connectivity index (χ3n) is 12.7. The molecule has 3 saturated carbocycles. The van der Waals surface area contributed by atoms with Crippen molar-refractivity contribution in [3.05, 3.63) is 71.8 Å². The molecule has 3 heteroatoms. The van der Waals surface area contributed by atoms with Crippen LogP contribution < -0.4 is 0 Å². The van der Waals surface area contributed by atoms with Crippen molar-refractivity contribution >= 4 is 11.8 Å². The molecule has 0 saturated heterocycles. The monoisotopic (exact) mass is 554 g/mol. The molecule has 0 N–H and O–H groups in total. The number of Topliss-reactive ketones (excluding diaryl/α,β-unsaturated/α-hetero) is 1. The summed E-state index contributed by atoms with van der Waals surface area (Å²) in [5.74, 6) is 2.74. The van der Waals surface area contributed by atoms with Crippen molar-refractivity contribution in [2.45, 2.75) is 99.0 Å².